The van der Waals surface area contributed by atoms with Crippen molar-refractivity contribution in [1.29, 1.82) is 0 Å². The summed E-state index contributed by atoms with van der Waals surface area (Å²) in [4.78, 5) is 2.94. The van der Waals surface area contributed by atoms with E-state index < -0.39 is 25.9 Å². The summed E-state index contributed by atoms with van der Waals surface area (Å²) in [7, 11) is -4.29. The van der Waals surface area contributed by atoms with Crippen molar-refractivity contribution in [2.45, 2.75) is 45.4 Å². The van der Waals surface area contributed by atoms with Gasteiger partial charge in [0.05, 0.1) is 16.9 Å². The Bertz CT molecular complexity index is 927. The number of halogens is 3. The molecule has 0 saturated heterocycles. The topological polar surface area (TPSA) is 71.1 Å². The summed E-state index contributed by atoms with van der Waals surface area (Å²) in [5, 5.41) is 2.35. The molecule has 0 radical (unpaired) electrons. The minimum absolute atomic E-state index is 0.0812. The second kappa shape index (κ2) is 8.92. The lowest BCUT2D eigenvalue weighted by Crippen LogP contribution is -2.20. The summed E-state index contributed by atoms with van der Waals surface area (Å²) in [5.74, 6) is -0.593. The fraction of sp³-hybridized carbons (Fsp3) is 0.500. The van der Waals surface area contributed by atoms with Gasteiger partial charge in [-0.25, -0.2) is 17.8 Å². The molecule has 0 aliphatic rings. The molecule has 10 heteroatoms. The zero-order chi connectivity index (χ0) is 21.1. The molecule has 1 aromatic heterocycles. The van der Waals surface area contributed by atoms with Crippen molar-refractivity contribution in [2.24, 2.45) is 11.3 Å². The summed E-state index contributed by atoms with van der Waals surface area (Å²) in [5.41, 5.74) is 0.488. The Kier molecular flexibility index (Phi) is 7.27. The third-order valence-electron chi connectivity index (χ3n) is 4.07. The molecule has 0 aliphatic heterocycles. The Balaban J connectivity index is 2.17. The quantitative estimate of drug-likeness (QED) is 0.536. The summed E-state index contributed by atoms with van der Waals surface area (Å²) >= 11 is 6.68. The van der Waals surface area contributed by atoms with E-state index in [2.05, 4.69) is 38.0 Å². The van der Waals surface area contributed by atoms with Crippen LogP contribution in [0.5, 0.6) is 0 Å². The normalized spacial score (nSPS) is 13.4. The molecule has 0 bridgehead atoms. The van der Waals surface area contributed by atoms with Crippen LogP contribution in [-0.4, -0.2) is 19.9 Å². The molecule has 2 aromatic rings. The highest BCUT2D eigenvalue weighted by molar-refractivity contribution is 7.93. The van der Waals surface area contributed by atoms with E-state index in [0.29, 0.717) is 29.5 Å². The average Bonchev–Trinajstić information content (AvgIpc) is 2.96. The predicted molar refractivity (Wildman–Crippen MR) is 111 cm³/mol. The van der Waals surface area contributed by atoms with Gasteiger partial charge < -0.3 is 5.32 Å². The van der Waals surface area contributed by atoms with Gasteiger partial charge in [0.2, 0.25) is 0 Å². The van der Waals surface area contributed by atoms with Gasteiger partial charge in [0.1, 0.15) is 10.7 Å². The highest BCUT2D eigenvalue weighted by Gasteiger charge is 2.23. The van der Waals surface area contributed by atoms with Crippen LogP contribution in [0.1, 0.15) is 40.5 Å². The molecule has 0 aliphatic carbocycles. The van der Waals surface area contributed by atoms with Gasteiger partial charge in [-0.1, -0.05) is 57.1 Å². The van der Waals surface area contributed by atoms with Crippen LogP contribution in [0, 0.1) is 22.3 Å². The Morgan fingerprint density at radius 1 is 1.29 bits per heavy atom. The third-order valence-corrected chi connectivity index (χ3v) is 6.57. The lowest BCUT2D eigenvalue weighted by atomic mass is 9.83. The van der Waals surface area contributed by atoms with Gasteiger partial charge in [0.15, 0.2) is 10.3 Å². The van der Waals surface area contributed by atoms with Crippen LogP contribution < -0.4 is 10.0 Å². The number of rotatable bonds is 8. The molecule has 1 aromatic carbocycles. The first-order chi connectivity index (χ1) is 12.9. The maximum Gasteiger partial charge on any atom is 0.266 e. The largest absolute Gasteiger partial charge is 0.383 e. The van der Waals surface area contributed by atoms with Crippen LogP contribution >= 0.6 is 22.9 Å². The molecular weight excluding hydrogens is 428 g/mol. The minimum Gasteiger partial charge on any atom is -0.383 e. The van der Waals surface area contributed by atoms with Gasteiger partial charge in [-0.15, -0.1) is 0 Å². The molecule has 1 atom stereocenters. The number of hydrogen-bond donors (Lipinski definition) is 2. The lowest BCUT2D eigenvalue weighted by molar-refractivity contribution is 0.296. The van der Waals surface area contributed by atoms with Gasteiger partial charge in [-0.3, -0.25) is 4.72 Å². The van der Waals surface area contributed by atoms with Crippen LogP contribution in [0.3, 0.4) is 0 Å². The Morgan fingerprint density at radius 2 is 1.96 bits per heavy atom. The van der Waals surface area contributed by atoms with Crippen molar-refractivity contribution in [2.75, 3.05) is 16.6 Å². The molecular formula is C18H24ClF2N3O2S2. The van der Waals surface area contributed by atoms with E-state index in [9.17, 15) is 17.2 Å². The van der Waals surface area contributed by atoms with Crippen LogP contribution in [0.25, 0.3) is 0 Å². The molecule has 28 heavy (non-hydrogen) atoms. The summed E-state index contributed by atoms with van der Waals surface area (Å²) in [6, 6.07) is 2.10. The maximum atomic E-state index is 14.5. The van der Waals surface area contributed by atoms with E-state index in [1.165, 1.54) is 0 Å². The van der Waals surface area contributed by atoms with Crippen LogP contribution in [0.4, 0.5) is 19.6 Å². The fourth-order valence-electron chi connectivity index (χ4n) is 2.82. The predicted octanol–water partition coefficient (Wildman–Crippen LogP) is 5.75. The number of nitrogens with zero attached hydrogens (tertiary/aromatic N) is 1. The first-order valence-corrected chi connectivity index (χ1v) is 11.5. The van der Waals surface area contributed by atoms with Gasteiger partial charge in [-0.2, -0.15) is 4.39 Å². The van der Waals surface area contributed by atoms with Crippen molar-refractivity contribution in [3.8, 4) is 0 Å². The first-order valence-electron chi connectivity index (χ1n) is 8.78. The number of aromatic nitrogens is 1. The van der Waals surface area contributed by atoms with Gasteiger partial charge >= 0.3 is 0 Å². The first kappa shape index (κ1) is 22.8. The summed E-state index contributed by atoms with van der Waals surface area (Å²) < 4.78 is 54.3. The number of nitrogens with one attached hydrogen (secondary N) is 2. The number of anilines is 2. The zero-order valence-electron chi connectivity index (χ0n) is 16.1. The average molecular weight is 452 g/mol. The van der Waals surface area contributed by atoms with E-state index in [4.69, 9.17) is 11.6 Å². The van der Waals surface area contributed by atoms with E-state index in [-0.39, 0.29) is 15.6 Å². The molecule has 0 saturated carbocycles. The Morgan fingerprint density at radius 3 is 2.50 bits per heavy atom. The molecule has 1 heterocycles. The second-order valence-corrected chi connectivity index (χ2v) is 10.8. The molecule has 0 amide bonds. The molecule has 0 unspecified atom stereocenters. The van der Waals surface area contributed by atoms with Gasteiger partial charge in [0.25, 0.3) is 10.0 Å². The maximum absolute atomic E-state index is 14.5. The van der Waals surface area contributed by atoms with Gasteiger partial charge in [0, 0.05) is 6.54 Å². The van der Waals surface area contributed by atoms with Crippen molar-refractivity contribution in [3.63, 3.8) is 0 Å². The number of thiazole rings is 1. The van der Waals surface area contributed by atoms with Gasteiger partial charge in [-0.05, 0) is 29.9 Å². The highest BCUT2D eigenvalue weighted by Crippen LogP contribution is 2.31. The minimum atomic E-state index is -4.29. The second-order valence-electron chi connectivity index (χ2n) is 7.76. The summed E-state index contributed by atoms with van der Waals surface area (Å²) in [6.07, 6.45) is 2.81. The molecule has 2 rings (SSSR count). The van der Waals surface area contributed by atoms with E-state index in [1.807, 2.05) is 4.72 Å². The van der Waals surface area contributed by atoms with Crippen molar-refractivity contribution in [3.05, 3.63) is 34.3 Å². The highest BCUT2D eigenvalue weighted by atomic mass is 35.5. The van der Waals surface area contributed by atoms with Crippen LogP contribution in [-0.2, 0) is 10.0 Å². The number of hydrogen-bond acceptors (Lipinski definition) is 5. The summed E-state index contributed by atoms with van der Waals surface area (Å²) in [6.45, 7) is 9.15. The standard InChI is InChI=1S/C18H24ClF2N3O2S2/c1-5-11(8-18(2,3)4)9-22-14-7-13(20)15(6-12(14)19)28(25,26)24-17-23-10-16(21)27-17/h6-7,10-11,22H,5,8-9H2,1-4H3,(H,23,24)/t11-/m0/s1. The monoisotopic (exact) mass is 451 g/mol. The molecule has 2 N–H and O–H groups in total. The van der Waals surface area contributed by atoms with E-state index >= 15 is 0 Å². The SMILES string of the molecule is CC[C@H](CNc1cc(F)c(S(=O)(=O)Nc2ncc(F)s2)cc1Cl)CC(C)(C)C. The van der Waals surface area contributed by atoms with E-state index in [0.717, 1.165) is 31.2 Å². The zero-order valence-corrected chi connectivity index (χ0v) is 18.5. The molecule has 0 spiro atoms. The number of sulfonamides is 1. The van der Waals surface area contributed by atoms with Crippen molar-refractivity contribution in [1.82, 2.24) is 4.98 Å². The van der Waals surface area contributed by atoms with Crippen molar-refractivity contribution >= 4 is 43.8 Å². The van der Waals surface area contributed by atoms with E-state index in [1.54, 1.807) is 0 Å². The molecule has 5 nitrogen and oxygen atoms in total. The van der Waals surface area contributed by atoms with Crippen LogP contribution in [0.15, 0.2) is 23.2 Å². The third kappa shape index (κ3) is 6.28. The van der Waals surface area contributed by atoms with Crippen molar-refractivity contribution < 1.29 is 17.2 Å². The smallest absolute Gasteiger partial charge is 0.266 e. The molecule has 156 valence electrons. The lowest BCUT2D eigenvalue weighted by Gasteiger charge is -2.26. The Labute approximate surface area is 173 Å². The van der Waals surface area contributed by atoms with Crippen LogP contribution in [0.2, 0.25) is 5.02 Å². The number of benzene rings is 1. The molecule has 0 fully saturated rings. The Hall–Kier alpha value is -1.45. The fourth-order valence-corrected chi connectivity index (χ4v) is 4.99.